The first-order valence-electron chi connectivity index (χ1n) is 6.10. The van der Waals surface area contributed by atoms with E-state index < -0.39 is 0 Å². The first-order valence-corrected chi connectivity index (χ1v) is 6.10. The molecule has 0 bridgehead atoms. The van der Waals surface area contributed by atoms with E-state index >= 15 is 0 Å². The third-order valence-corrected chi connectivity index (χ3v) is 2.73. The van der Waals surface area contributed by atoms with Gasteiger partial charge in [0.1, 0.15) is 0 Å². The minimum absolute atomic E-state index is 0.956. The van der Waals surface area contributed by atoms with E-state index in [4.69, 9.17) is 0 Å². The topological polar surface area (TPSA) is 0 Å². The molecule has 0 heterocycles. The zero-order valence-electron chi connectivity index (χ0n) is 9.65. The summed E-state index contributed by atoms with van der Waals surface area (Å²) in [5.41, 5.74) is 0. The zero-order valence-corrected chi connectivity index (χ0v) is 9.65. The van der Waals surface area contributed by atoms with Crippen molar-refractivity contribution in [2.75, 3.05) is 0 Å². The molecule has 0 saturated carbocycles. The molecule has 0 spiro atoms. The molecule has 0 aliphatic carbocycles. The Morgan fingerprint density at radius 3 is 2.15 bits per heavy atom. The molecule has 0 aromatic carbocycles. The van der Waals surface area contributed by atoms with Crippen LogP contribution >= 0.6 is 0 Å². The molecule has 79 valence electrons. The highest BCUT2D eigenvalue weighted by atomic mass is 14.1. The van der Waals surface area contributed by atoms with Gasteiger partial charge < -0.3 is 0 Å². The van der Waals surface area contributed by atoms with Crippen LogP contribution in [0.5, 0.6) is 0 Å². The van der Waals surface area contributed by atoms with Crippen LogP contribution in [0.15, 0.2) is 0 Å². The van der Waals surface area contributed by atoms with Gasteiger partial charge in [-0.2, -0.15) is 0 Å². The molecule has 0 rings (SSSR count). The summed E-state index contributed by atoms with van der Waals surface area (Å²) in [6, 6.07) is 0. The van der Waals surface area contributed by atoms with Gasteiger partial charge in [-0.1, -0.05) is 78.6 Å². The lowest BCUT2D eigenvalue weighted by Gasteiger charge is -2.08. The number of rotatable bonds is 9. The molecule has 0 fully saturated rings. The lowest BCUT2D eigenvalue weighted by Crippen LogP contribution is -1.93. The van der Waals surface area contributed by atoms with E-state index in [0.29, 0.717) is 0 Å². The van der Waals surface area contributed by atoms with Gasteiger partial charge in [0.2, 0.25) is 0 Å². The average molecular weight is 183 g/mol. The Labute approximate surface area is 85.1 Å². The number of unbranched alkanes of at least 4 members (excludes halogenated alkanes) is 5. The highest BCUT2D eigenvalue weighted by molar-refractivity contribution is 4.53. The molecule has 0 aromatic rings. The van der Waals surface area contributed by atoms with Gasteiger partial charge in [0.05, 0.1) is 0 Å². The summed E-state index contributed by atoms with van der Waals surface area (Å²) in [4.78, 5) is 0. The minimum Gasteiger partial charge on any atom is -0.0654 e. The predicted molar refractivity (Wildman–Crippen MR) is 61.7 cm³/mol. The monoisotopic (exact) mass is 183 g/mol. The van der Waals surface area contributed by atoms with Crippen LogP contribution in [0.3, 0.4) is 0 Å². The van der Waals surface area contributed by atoms with E-state index in [1.165, 1.54) is 51.4 Å². The van der Waals surface area contributed by atoms with E-state index in [-0.39, 0.29) is 0 Å². The van der Waals surface area contributed by atoms with Crippen molar-refractivity contribution in [1.29, 1.82) is 0 Å². The van der Waals surface area contributed by atoms with Crippen LogP contribution in [-0.4, -0.2) is 0 Å². The van der Waals surface area contributed by atoms with Crippen LogP contribution in [0.25, 0.3) is 0 Å². The van der Waals surface area contributed by atoms with Crippen LogP contribution in [0.1, 0.15) is 71.6 Å². The van der Waals surface area contributed by atoms with Crippen LogP contribution < -0.4 is 0 Å². The standard InChI is InChI=1S/C13H27/c1-4-6-7-8-9-10-12-13(3)11-5-2/h13H,1,4-12H2,2-3H3. The number of hydrogen-bond acceptors (Lipinski definition) is 0. The van der Waals surface area contributed by atoms with Crippen molar-refractivity contribution in [2.45, 2.75) is 71.6 Å². The molecule has 0 aromatic heterocycles. The molecule has 13 heavy (non-hydrogen) atoms. The summed E-state index contributed by atoms with van der Waals surface area (Å²) < 4.78 is 0. The molecular formula is C13H27. The highest BCUT2D eigenvalue weighted by Crippen LogP contribution is 2.15. The van der Waals surface area contributed by atoms with Gasteiger partial charge in [0.15, 0.2) is 0 Å². The van der Waals surface area contributed by atoms with E-state index in [9.17, 15) is 0 Å². The molecule has 1 unspecified atom stereocenters. The van der Waals surface area contributed by atoms with Crippen LogP contribution in [0.2, 0.25) is 0 Å². The van der Waals surface area contributed by atoms with Gasteiger partial charge in [0.25, 0.3) is 0 Å². The van der Waals surface area contributed by atoms with Crippen LogP contribution in [0.4, 0.5) is 0 Å². The van der Waals surface area contributed by atoms with Crippen molar-refractivity contribution < 1.29 is 0 Å². The third-order valence-electron chi connectivity index (χ3n) is 2.73. The maximum absolute atomic E-state index is 3.86. The summed E-state index contributed by atoms with van der Waals surface area (Å²) in [7, 11) is 0. The smallest absolute Gasteiger partial charge is 0.0443 e. The first-order chi connectivity index (χ1) is 6.31. The Balaban J connectivity index is 2.97. The van der Waals surface area contributed by atoms with Gasteiger partial charge in [-0.05, 0) is 5.92 Å². The van der Waals surface area contributed by atoms with Crippen molar-refractivity contribution in [3.63, 3.8) is 0 Å². The van der Waals surface area contributed by atoms with Gasteiger partial charge >= 0.3 is 0 Å². The van der Waals surface area contributed by atoms with Crippen LogP contribution in [-0.2, 0) is 0 Å². The van der Waals surface area contributed by atoms with E-state index in [1.807, 2.05) is 0 Å². The summed E-state index contributed by atoms with van der Waals surface area (Å²) in [5, 5.41) is 0. The summed E-state index contributed by atoms with van der Waals surface area (Å²) in [6.45, 7) is 8.53. The lowest BCUT2D eigenvalue weighted by molar-refractivity contribution is 0.452. The molecule has 0 nitrogen and oxygen atoms in total. The van der Waals surface area contributed by atoms with Gasteiger partial charge in [-0.3, -0.25) is 0 Å². The minimum atomic E-state index is 0.956. The molecule has 0 saturated heterocycles. The maximum Gasteiger partial charge on any atom is -0.0443 e. The highest BCUT2D eigenvalue weighted by Gasteiger charge is 1.99. The summed E-state index contributed by atoms with van der Waals surface area (Å²) in [5.74, 6) is 0.956. The molecule has 0 N–H and O–H groups in total. The fraction of sp³-hybridized carbons (Fsp3) is 0.923. The van der Waals surface area contributed by atoms with Gasteiger partial charge in [-0.15, -0.1) is 0 Å². The molecule has 0 aliphatic heterocycles. The maximum atomic E-state index is 3.86. The number of hydrogen-bond donors (Lipinski definition) is 0. The Bertz CT molecular complexity index is 86.0. The molecule has 1 radical (unpaired) electrons. The molecule has 1 atom stereocenters. The molecule has 0 amide bonds. The largest absolute Gasteiger partial charge is 0.0654 e. The quantitative estimate of drug-likeness (QED) is 0.442. The van der Waals surface area contributed by atoms with E-state index in [2.05, 4.69) is 20.8 Å². The predicted octanol–water partition coefficient (Wildman–Crippen LogP) is 4.99. The van der Waals surface area contributed by atoms with E-state index in [0.717, 1.165) is 12.3 Å². The first kappa shape index (κ1) is 13.0. The second-order valence-electron chi connectivity index (χ2n) is 4.30. The van der Waals surface area contributed by atoms with Crippen molar-refractivity contribution in [3.8, 4) is 0 Å². The van der Waals surface area contributed by atoms with Crippen molar-refractivity contribution in [1.82, 2.24) is 0 Å². The van der Waals surface area contributed by atoms with Crippen LogP contribution in [0, 0.1) is 12.8 Å². The van der Waals surface area contributed by atoms with Crippen molar-refractivity contribution >= 4 is 0 Å². The third kappa shape index (κ3) is 9.92. The fourth-order valence-corrected chi connectivity index (χ4v) is 1.84. The summed E-state index contributed by atoms with van der Waals surface area (Å²) >= 11 is 0. The second kappa shape index (κ2) is 10.1. The van der Waals surface area contributed by atoms with Gasteiger partial charge in [-0.25, -0.2) is 0 Å². The Kier molecular flexibility index (Phi) is 10.1. The normalized spacial score (nSPS) is 13.2. The second-order valence-corrected chi connectivity index (χ2v) is 4.30. The average Bonchev–Trinajstić information content (AvgIpc) is 2.11. The van der Waals surface area contributed by atoms with Crippen molar-refractivity contribution in [2.24, 2.45) is 5.92 Å². The lowest BCUT2D eigenvalue weighted by atomic mass is 9.98. The fourth-order valence-electron chi connectivity index (χ4n) is 1.84. The zero-order chi connectivity index (χ0) is 9.94. The Hall–Kier alpha value is 0. The Morgan fingerprint density at radius 1 is 0.923 bits per heavy atom. The Morgan fingerprint density at radius 2 is 1.54 bits per heavy atom. The SMILES string of the molecule is [CH2]CCCCCCCC(C)CCC. The molecular weight excluding hydrogens is 156 g/mol. The van der Waals surface area contributed by atoms with E-state index in [1.54, 1.807) is 0 Å². The van der Waals surface area contributed by atoms with Crippen molar-refractivity contribution in [3.05, 3.63) is 6.92 Å². The molecule has 0 heteroatoms. The summed E-state index contributed by atoms with van der Waals surface area (Å²) in [6.07, 6.45) is 12.4. The molecule has 0 aliphatic rings. The van der Waals surface area contributed by atoms with Gasteiger partial charge in [0, 0.05) is 0 Å².